The fourth-order valence-electron chi connectivity index (χ4n) is 2.77. The first-order valence-electron chi connectivity index (χ1n) is 6.75. The molecule has 1 rings (SSSR count). The number of hydrogen-bond acceptors (Lipinski definition) is 4. The number of esters is 1. The summed E-state index contributed by atoms with van der Waals surface area (Å²) in [6, 6.07) is 0.533. The summed E-state index contributed by atoms with van der Waals surface area (Å²) in [7, 11) is 3.44. The second-order valence-electron chi connectivity index (χ2n) is 6.72. The van der Waals surface area contributed by atoms with Crippen molar-refractivity contribution in [2.75, 3.05) is 20.7 Å². The fourth-order valence-corrected chi connectivity index (χ4v) is 2.77. The van der Waals surface area contributed by atoms with Gasteiger partial charge in [-0.2, -0.15) is 0 Å². The van der Waals surface area contributed by atoms with Crippen LogP contribution in [0, 0.1) is 5.41 Å². The fraction of sp³-hybridized carbons (Fsp3) is 0.929. The van der Waals surface area contributed by atoms with Crippen LogP contribution >= 0.6 is 0 Å². The van der Waals surface area contributed by atoms with Gasteiger partial charge in [-0.1, -0.05) is 13.8 Å². The second-order valence-corrected chi connectivity index (χ2v) is 6.72. The Hall–Kier alpha value is -0.610. The molecule has 0 radical (unpaired) electrons. The van der Waals surface area contributed by atoms with Crippen LogP contribution in [0.1, 0.15) is 46.5 Å². The predicted octanol–water partition coefficient (Wildman–Crippen LogP) is 1.78. The molecule has 1 saturated carbocycles. The van der Waals surface area contributed by atoms with Crippen LogP contribution in [-0.4, -0.2) is 43.2 Å². The molecular formula is C14H28N2O2. The van der Waals surface area contributed by atoms with E-state index in [9.17, 15) is 4.79 Å². The lowest BCUT2D eigenvalue weighted by atomic mass is 9.75. The summed E-state index contributed by atoms with van der Waals surface area (Å²) < 4.78 is 4.75. The highest BCUT2D eigenvalue weighted by Gasteiger charge is 2.35. The van der Waals surface area contributed by atoms with Crippen molar-refractivity contribution in [1.29, 1.82) is 0 Å². The van der Waals surface area contributed by atoms with E-state index in [1.807, 2.05) is 0 Å². The molecule has 0 spiro atoms. The van der Waals surface area contributed by atoms with Gasteiger partial charge < -0.3 is 15.4 Å². The van der Waals surface area contributed by atoms with Gasteiger partial charge in [-0.05, 0) is 45.1 Å². The topological polar surface area (TPSA) is 55.6 Å². The Morgan fingerprint density at radius 3 is 2.39 bits per heavy atom. The van der Waals surface area contributed by atoms with Crippen LogP contribution in [0.3, 0.4) is 0 Å². The highest BCUT2D eigenvalue weighted by Crippen LogP contribution is 2.36. The van der Waals surface area contributed by atoms with Gasteiger partial charge in [-0.15, -0.1) is 0 Å². The average molecular weight is 256 g/mol. The number of ether oxygens (including phenoxy) is 1. The molecular weight excluding hydrogens is 228 g/mol. The van der Waals surface area contributed by atoms with E-state index in [0.717, 1.165) is 0 Å². The molecule has 0 saturated heterocycles. The van der Waals surface area contributed by atoms with Crippen molar-refractivity contribution in [2.24, 2.45) is 11.1 Å². The summed E-state index contributed by atoms with van der Waals surface area (Å²) in [5.41, 5.74) is 5.56. The molecule has 0 amide bonds. The summed E-state index contributed by atoms with van der Waals surface area (Å²) in [6.07, 6.45) is 4.84. The monoisotopic (exact) mass is 256 g/mol. The van der Waals surface area contributed by atoms with Crippen LogP contribution in [-0.2, 0) is 9.53 Å². The summed E-state index contributed by atoms with van der Waals surface area (Å²) >= 11 is 0. The van der Waals surface area contributed by atoms with Crippen molar-refractivity contribution >= 4 is 5.97 Å². The summed E-state index contributed by atoms with van der Waals surface area (Å²) in [4.78, 5) is 13.8. The summed E-state index contributed by atoms with van der Waals surface area (Å²) in [6.45, 7) is 6.93. The van der Waals surface area contributed by atoms with Gasteiger partial charge in [-0.3, -0.25) is 4.79 Å². The zero-order valence-electron chi connectivity index (χ0n) is 12.5. The highest BCUT2D eigenvalue weighted by molar-refractivity contribution is 5.80. The number of rotatable bonds is 4. The number of nitrogens with zero attached hydrogens (tertiary/aromatic N) is 1. The molecule has 18 heavy (non-hydrogen) atoms. The maximum absolute atomic E-state index is 11.6. The third-order valence-corrected chi connectivity index (χ3v) is 4.16. The van der Waals surface area contributed by atoms with E-state index in [0.29, 0.717) is 18.0 Å². The minimum atomic E-state index is -0.920. The lowest BCUT2D eigenvalue weighted by molar-refractivity contribution is -0.147. The molecule has 0 heterocycles. The zero-order valence-corrected chi connectivity index (χ0v) is 12.5. The standard InChI is InChI=1S/C14H28N2O2/c1-13(2)8-6-11(7-9-13)16(4)10-14(3,15)12(17)18-5/h11H,6-10,15H2,1-5H3. The minimum absolute atomic E-state index is 0.342. The Labute approximate surface area is 111 Å². The van der Waals surface area contributed by atoms with E-state index >= 15 is 0 Å². The second kappa shape index (κ2) is 5.57. The Balaban J connectivity index is 2.51. The molecule has 1 atom stereocenters. The SMILES string of the molecule is COC(=O)C(C)(N)CN(C)C1CCC(C)(C)CC1. The van der Waals surface area contributed by atoms with Gasteiger partial charge in [0.15, 0.2) is 0 Å². The first-order valence-corrected chi connectivity index (χ1v) is 6.75. The van der Waals surface area contributed by atoms with Gasteiger partial charge >= 0.3 is 5.97 Å². The molecule has 0 aromatic carbocycles. The van der Waals surface area contributed by atoms with Crippen molar-refractivity contribution in [3.05, 3.63) is 0 Å². The van der Waals surface area contributed by atoms with Crippen molar-refractivity contribution in [2.45, 2.75) is 58.0 Å². The van der Waals surface area contributed by atoms with Gasteiger partial charge in [0.25, 0.3) is 0 Å². The van der Waals surface area contributed by atoms with Gasteiger partial charge in [0.05, 0.1) is 7.11 Å². The summed E-state index contributed by atoms with van der Waals surface area (Å²) in [5.74, 6) is -0.342. The molecule has 0 aromatic heterocycles. The van der Waals surface area contributed by atoms with Crippen molar-refractivity contribution in [1.82, 2.24) is 4.90 Å². The van der Waals surface area contributed by atoms with Crippen LogP contribution in [0.5, 0.6) is 0 Å². The van der Waals surface area contributed by atoms with Crippen molar-refractivity contribution in [3.8, 4) is 0 Å². The lowest BCUT2D eigenvalue weighted by Gasteiger charge is -2.40. The number of methoxy groups -OCH3 is 1. The van der Waals surface area contributed by atoms with Crippen LogP contribution < -0.4 is 5.73 Å². The molecule has 4 heteroatoms. The molecule has 1 fully saturated rings. The Bertz CT molecular complexity index is 290. The van der Waals surface area contributed by atoms with E-state index in [4.69, 9.17) is 10.5 Å². The molecule has 106 valence electrons. The Morgan fingerprint density at radius 1 is 1.44 bits per heavy atom. The molecule has 0 bridgehead atoms. The van der Waals surface area contributed by atoms with Crippen LogP contribution in [0.15, 0.2) is 0 Å². The quantitative estimate of drug-likeness (QED) is 0.779. The first-order chi connectivity index (χ1) is 8.18. The average Bonchev–Trinajstić information content (AvgIpc) is 2.26. The molecule has 2 N–H and O–H groups in total. The van der Waals surface area contributed by atoms with Crippen LogP contribution in [0.4, 0.5) is 0 Å². The number of hydrogen-bond donors (Lipinski definition) is 1. The number of nitrogens with two attached hydrogens (primary N) is 1. The number of carbonyl (C=O) groups is 1. The van der Waals surface area contributed by atoms with Crippen molar-refractivity contribution in [3.63, 3.8) is 0 Å². The third-order valence-electron chi connectivity index (χ3n) is 4.16. The largest absolute Gasteiger partial charge is 0.468 e. The van der Waals surface area contributed by atoms with Gasteiger partial charge in [-0.25, -0.2) is 0 Å². The zero-order chi connectivity index (χ0) is 14.0. The third kappa shape index (κ3) is 3.95. The number of carbonyl (C=O) groups excluding carboxylic acids is 1. The van der Waals surface area contributed by atoms with Crippen LogP contribution in [0.25, 0.3) is 0 Å². The maximum Gasteiger partial charge on any atom is 0.326 e. The molecule has 1 aliphatic carbocycles. The molecule has 1 unspecified atom stereocenters. The smallest absolute Gasteiger partial charge is 0.326 e. The minimum Gasteiger partial charge on any atom is -0.468 e. The highest BCUT2D eigenvalue weighted by atomic mass is 16.5. The van der Waals surface area contributed by atoms with Gasteiger partial charge in [0.2, 0.25) is 0 Å². The normalized spacial score (nSPS) is 23.7. The molecule has 0 aliphatic heterocycles. The van der Waals surface area contributed by atoms with Crippen molar-refractivity contribution < 1.29 is 9.53 Å². The van der Waals surface area contributed by atoms with E-state index < -0.39 is 5.54 Å². The van der Waals surface area contributed by atoms with Crippen LogP contribution in [0.2, 0.25) is 0 Å². The van der Waals surface area contributed by atoms with Gasteiger partial charge in [0.1, 0.15) is 5.54 Å². The first kappa shape index (κ1) is 15.4. The van der Waals surface area contributed by atoms with E-state index in [-0.39, 0.29) is 5.97 Å². The van der Waals surface area contributed by atoms with E-state index in [1.165, 1.54) is 32.8 Å². The Morgan fingerprint density at radius 2 is 1.94 bits per heavy atom. The van der Waals surface area contributed by atoms with E-state index in [1.54, 1.807) is 6.92 Å². The maximum atomic E-state index is 11.6. The van der Waals surface area contributed by atoms with Gasteiger partial charge in [0, 0.05) is 12.6 Å². The Kier molecular flexibility index (Phi) is 4.78. The predicted molar refractivity (Wildman–Crippen MR) is 73.3 cm³/mol. The molecule has 4 nitrogen and oxygen atoms in total. The molecule has 1 aliphatic rings. The summed E-state index contributed by atoms with van der Waals surface area (Å²) in [5, 5.41) is 0. The van der Waals surface area contributed by atoms with E-state index in [2.05, 4.69) is 25.8 Å². The lowest BCUT2D eigenvalue weighted by Crippen LogP contribution is -2.55. The molecule has 0 aromatic rings. The number of likely N-dealkylation sites (N-methyl/N-ethyl adjacent to an activating group) is 1.